The Bertz CT molecular complexity index is 905. The van der Waals surface area contributed by atoms with Crippen molar-refractivity contribution in [2.24, 2.45) is 0 Å². The average molecular weight is 388 g/mol. The van der Waals surface area contributed by atoms with E-state index in [2.05, 4.69) is 89.2 Å². The van der Waals surface area contributed by atoms with E-state index in [0.29, 0.717) is 0 Å². The van der Waals surface area contributed by atoms with E-state index in [1.54, 1.807) is 0 Å². The minimum absolute atomic E-state index is 0.841. The molecule has 150 valence electrons. The largest absolute Gasteiger partial charge is 0.338 e. The Kier molecular flexibility index (Phi) is 6.06. The fourth-order valence-electron chi connectivity index (χ4n) is 3.85. The van der Waals surface area contributed by atoms with Crippen LogP contribution in [0.2, 0.25) is 0 Å². The zero-order valence-electron chi connectivity index (χ0n) is 17.3. The van der Waals surface area contributed by atoms with Crippen LogP contribution in [0.5, 0.6) is 0 Å². The summed E-state index contributed by atoms with van der Waals surface area (Å²) in [6.07, 6.45) is 0. The maximum Gasteiger partial charge on any atom is 0.227 e. The van der Waals surface area contributed by atoms with Crippen LogP contribution in [0, 0.1) is 6.92 Å². The van der Waals surface area contributed by atoms with E-state index in [9.17, 15) is 0 Å². The third-order valence-electron chi connectivity index (χ3n) is 5.39. The van der Waals surface area contributed by atoms with E-state index >= 15 is 0 Å². The SMILES string of the molecule is CCN(c1ccccc1)c1cc(C)nc(N2CCN(Cc3ccccc3)CC2)n1. The maximum absolute atomic E-state index is 4.94. The van der Waals surface area contributed by atoms with E-state index in [1.807, 2.05) is 6.07 Å². The lowest BCUT2D eigenvalue weighted by Gasteiger charge is -2.35. The molecule has 0 radical (unpaired) electrons. The van der Waals surface area contributed by atoms with E-state index in [-0.39, 0.29) is 0 Å². The molecular formula is C24H29N5. The summed E-state index contributed by atoms with van der Waals surface area (Å²) in [4.78, 5) is 16.7. The number of para-hydroxylation sites is 1. The van der Waals surface area contributed by atoms with Crippen LogP contribution in [0.3, 0.4) is 0 Å². The second-order valence-corrected chi connectivity index (χ2v) is 7.50. The molecular weight excluding hydrogens is 358 g/mol. The van der Waals surface area contributed by atoms with Crippen molar-refractivity contribution in [1.29, 1.82) is 0 Å². The molecule has 3 aromatic rings. The molecule has 5 nitrogen and oxygen atoms in total. The van der Waals surface area contributed by atoms with E-state index in [0.717, 1.165) is 62.4 Å². The second kappa shape index (κ2) is 9.05. The molecule has 1 aliphatic rings. The molecule has 0 unspecified atom stereocenters. The van der Waals surface area contributed by atoms with Crippen LogP contribution < -0.4 is 9.80 Å². The number of hydrogen-bond donors (Lipinski definition) is 0. The quantitative estimate of drug-likeness (QED) is 0.631. The lowest BCUT2D eigenvalue weighted by molar-refractivity contribution is 0.248. The summed E-state index contributed by atoms with van der Waals surface area (Å²) in [5, 5.41) is 0. The van der Waals surface area contributed by atoms with Crippen LogP contribution in [0.15, 0.2) is 66.7 Å². The molecule has 2 heterocycles. The normalized spacial score (nSPS) is 14.8. The van der Waals surface area contributed by atoms with Gasteiger partial charge in [0.25, 0.3) is 0 Å². The summed E-state index contributed by atoms with van der Waals surface area (Å²) in [5.74, 6) is 1.81. The van der Waals surface area contributed by atoms with E-state index in [1.165, 1.54) is 5.56 Å². The van der Waals surface area contributed by atoms with Gasteiger partial charge in [0.05, 0.1) is 0 Å². The third-order valence-corrected chi connectivity index (χ3v) is 5.39. The zero-order chi connectivity index (χ0) is 20.1. The molecule has 1 fully saturated rings. The van der Waals surface area contributed by atoms with Gasteiger partial charge in [-0.05, 0) is 31.5 Å². The number of hydrogen-bond acceptors (Lipinski definition) is 5. The van der Waals surface area contributed by atoms with Crippen LogP contribution >= 0.6 is 0 Å². The fourth-order valence-corrected chi connectivity index (χ4v) is 3.85. The van der Waals surface area contributed by atoms with Gasteiger partial charge in [0.15, 0.2) is 0 Å². The Balaban J connectivity index is 1.47. The Morgan fingerprint density at radius 2 is 1.52 bits per heavy atom. The summed E-state index contributed by atoms with van der Waals surface area (Å²) in [5.41, 5.74) is 3.54. The number of aryl methyl sites for hydroxylation is 1. The number of nitrogens with zero attached hydrogens (tertiary/aromatic N) is 5. The van der Waals surface area contributed by atoms with Crippen molar-refractivity contribution in [1.82, 2.24) is 14.9 Å². The van der Waals surface area contributed by atoms with Crippen molar-refractivity contribution in [3.8, 4) is 0 Å². The van der Waals surface area contributed by atoms with Gasteiger partial charge in [-0.25, -0.2) is 4.98 Å². The van der Waals surface area contributed by atoms with Crippen LogP contribution in [0.25, 0.3) is 0 Å². The van der Waals surface area contributed by atoms with Gasteiger partial charge in [-0.1, -0.05) is 48.5 Å². The van der Waals surface area contributed by atoms with Crippen LogP contribution in [-0.2, 0) is 6.54 Å². The molecule has 0 amide bonds. The molecule has 0 spiro atoms. The molecule has 5 heteroatoms. The minimum atomic E-state index is 0.841. The Labute approximate surface area is 173 Å². The number of benzene rings is 2. The van der Waals surface area contributed by atoms with Crippen molar-refractivity contribution >= 4 is 17.5 Å². The fraction of sp³-hybridized carbons (Fsp3) is 0.333. The average Bonchev–Trinajstić information content (AvgIpc) is 2.76. The number of piperazine rings is 1. The standard InChI is InChI=1S/C24H29N5/c1-3-29(22-12-8-5-9-13-22)23-18-20(2)25-24(26-23)28-16-14-27(15-17-28)19-21-10-6-4-7-11-21/h4-13,18H,3,14-17,19H2,1-2H3. The highest BCUT2D eigenvalue weighted by Gasteiger charge is 2.21. The van der Waals surface area contributed by atoms with Gasteiger partial charge in [-0.3, -0.25) is 4.90 Å². The van der Waals surface area contributed by atoms with Crippen molar-refractivity contribution in [2.45, 2.75) is 20.4 Å². The second-order valence-electron chi connectivity index (χ2n) is 7.50. The number of anilines is 3. The third kappa shape index (κ3) is 4.74. The highest BCUT2D eigenvalue weighted by Crippen LogP contribution is 2.25. The first-order valence-electron chi connectivity index (χ1n) is 10.4. The Hall–Kier alpha value is -2.92. The van der Waals surface area contributed by atoms with Gasteiger partial charge in [0.2, 0.25) is 5.95 Å². The molecule has 1 aromatic heterocycles. The highest BCUT2D eigenvalue weighted by atomic mass is 15.3. The molecule has 0 saturated carbocycles. The Morgan fingerprint density at radius 1 is 0.862 bits per heavy atom. The van der Waals surface area contributed by atoms with Crippen LogP contribution in [0.1, 0.15) is 18.2 Å². The van der Waals surface area contributed by atoms with Crippen LogP contribution in [-0.4, -0.2) is 47.6 Å². The summed E-state index contributed by atoms with van der Waals surface area (Å²) >= 11 is 0. The summed E-state index contributed by atoms with van der Waals surface area (Å²) in [7, 11) is 0. The van der Waals surface area contributed by atoms with Gasteiger partial charge < -0.3 is 9.80 Å². The predicted molar refractivity (Wildman–Crippen MR) is 120 cm³/mol. The van der Waals surface area contributed by atoms with Crippen molar-refractivity contribution in [3.05, 3.63) is 78.0 Å². The summed E-state index contributed by atoms with van der Waals surface area (Å²) < 4.78 is 0. The molecule has 0 bridgehead atoms. The molecule has 4 rings (SSSR count). The summed E-state index contributed by atoms with van der Waals surface area (Å²) in [6, 6.07) is 23.2. The lowest BCUT2D eigenvalue weighted by atomic mass is 10.2. The molecule has 1 saturated heterocycles. The van der Waals surface area contributed by atoms with Crippen LogP contribution in [0.4, 0.5) is 17.5 Å². The monoisotopic (exact) mass is 387 g/mol. The first-order valence-corrected chi connectivity index (χ1v) is 10.4. The maximum atomic E-state index is 4.94. The first kappa shape index (κ1) is 19.4. The van der Waals surface area contributed by atoms with Gasteiger partial charge in [-0.15, -0.1) is 0 Å². The lowest BCUT2D eigenvalue weighted by Crippen LogP contribution is -2.46. The summed E-state index contributed by atoms with van der Waals surface area (Å²) in [6.45, 7) is 10.0. The van der Waals surface area contributed by atoms with Gasteiger partial charge in [-0.2, -0.15) is 4.98 Å². The number of rotatable bonds is 6. The van der Waals surface area contributed by atoms with Gasteiger partial charge >= 0.3 is 0 Å². The smallest absolute Gasteiger partial charge is 0.227 e. The first-order chi connectivity index (χ1) is 14.2. The van der Waals surface area contributed by atoms with Crippen molar-refractivity contribution in [3.63, 3.8) is 0 Å². The van der Waals surface area contributed by atoms with Gasteiger partial charge in [0, 0.05) is 56.7 Å². The Morgan fingerprint density at radius 3 is 2.17 bits per heavy atom. The molecule has 0 aliphatic carbocycles. The molecule has 0 atom stereocenters. The topological polar surface area (TPSA) is 35.5 Å². The molecule has 1 aliphatic heterocycles. The zero-order valence-corrected chi connectivity index (χ0v) is 17.3. The van der Waals surface area contributed by atoms with Crippen molar-refractivity contribution in [2.75, 3.05) is 42.5 Å². The van der Waals surface area contributed by atoms with Gasteiger partial charge in [0.1, 0.15) is 5.82 Å². The highest BCUT2D eigenvalue weighted by molar-refractivity contribution is 5.61. The number of aromatic nitrogens is 2. The van der Waals surface area contributed by atoms with E-state index in [4.69, 9.17) is 9.97 Å². The molecule has 29 heavy (non-hydrogen) atoms. The molecule has 0 N–H and O–H groups in total. The molecule has 2 aromatic carbocycles. The van der Waals surface area contributed by atoms with Crippen molar-refractivity contribution < 1.29 is 0 Å². The van der Waals surface area contributed by atoms with E-state index < -0.39 is 0 Å². The predicted octanol–water partition coefficient (Wildman–Crippen LogP) is 4.27. The minimum Gasteiger partial charge on any atom is -0.338 e.